The first-order valence-electron chi connectivity index (χ1n) is 8.12. The first kappa shape index (κ1) is 18.9. The standard InChI is InChI=1S/C14H12O2.C8H8O2/c15-14(12-7-3-1-4-8-12)11-16-13-9-5-2-6-10-13;1-6(9)7-3-2-4-8(10)5-7/h1-10H,11H2;2-5,10H,1H3. The Balaban J connectivity index is 0.000000209. The van der Waals surface area contributed by atoms with Gasteiger partial charge in [-0.05, 0) is 31.2 Å². The third kappa shape index (κ3) is 6.24. The highest BCUT2D eigenvalue weighted by molar-refractivity contribution is 5.97. The number of Topliss-reactive ketones (excluding diaryl/α,β-unsaturated/α-hetero) is 2. The lowest BCUT2D eigenvalue weighted by atomic mass is 10.1. The van der Waals surface area contributed by atoms with E-state index in [1.54, 1.807) is 24.3 Å². The topological polar surface area (TPSA) is 63.6 Å². The number of ketones is 2. The van der Waals surface area contributed by atoms with E-state index in [0.29, 0.717) is 16.9 Å². The third-order valence-corrected chi connectivity index (χ3v) is 3.46. The van der Waals surface area contributed by atoms with Crippen LogP contribution in [-0.2, 0) is 0 Å². The number of aromatic hydroxyl groups is 1. The molecule has 0 aliphatic heterocycles. The molecule has 132 valence electrons. The third-order valence-electron chi connectivity index (χ3n) is 3.46. The predicted octanol–water partition coefficient (Wildman–Crippen LogP) is 4.54. The summed E-state index contributed by atoms with van der Waals surface area (Å²) in [5, 5.41) is 8.91. The van der Waals surface area contributed by atoms with Gasteiger partial charge in [-0.25, -0.2) is 0 Å². The van der Waals surface area contributed by atoms with E-state index >= 15 is 0 Å². The summed E-state index contributed by atoms with van der Waals surface area (Å²) in [4.78, 5) is 22.4. The molecule has 0 unspecified atom stereocenters. The van der Waals surface area contributed by atoms with Crippen LogP contribution in [0.4, 0.5) is 0 Å². The summed E-state index contributed by atoms with van der Waals surface area (Å²) in [5.41, 5.74) is 1.22. The maximum Gasteiger partial charge on any atom is 0.200 e. The molecular formula is C22H20O4. The Bertz CT molecular complexity index is 842. The Hall–Kier alpha value is -3.40. The highest BCUT2D eigenvalue weighted by Gasteiger charge is 2.05. The number of phenolic OH excluding ortho intramolecular Hbond substituents is 1. The number of hydrogen-bond acceptors (Lipinski definition) is 4. The molecule has 4 heteroatoms. The van der Waals surface area contributed by atoms with Crippen molar-refractivity contribution >= 4 is 11.6 Å². The molecule has 0 spiro atoms. The van der Waals surface area contributed by atoms with E-state index in [9.17, 15) is 9.59 Å². The van der Waals surface area contributed by atoms with Gasteiger partial charge in [0.2, 0.25) is 0 Å². The van der Waals surface area contributed by atoms with Crippen molar-refractivity contribution in [1.82, 2.24) is 0 Å². The summed E-state index contributed by atoms with van der Waals surface area (Å²) >= 11 is 0. The fraction of sp³-hybridized carbons (Fsp3) is 0.0909. The van der Waals surface area contributed by atoms with Crippen molar-refractivity contribution in [3.8, 4) is 11.5 Å². The first-order valence-corrected chi connectivity index (χ1v) is 8.12. The molecule has 26 heavy (non-hydrogen) atoms. The zero-order chi connectivity index (χ0) is 18.8. The van der Waals surface area contributed by atoms with Crippen molar-refractivity contribution in [2.24, 2.45) is 0 Å². The minimum Gasteiger partial charge on any atom is -0.508 e. The van der Waals surface area contributed by atoms with Crippen LogP contribution in [0.1, 0.15) is 27.6 Å². The second kappa shape index (κ2) is 9.79. The Morgan fingerprint density at radius 1 is 0.808 bits per heavy atom. The van der Waals surface area contributed by atoms with E-state index in [-0.39, 0.29) is 23.9 Å². The van der Waals surface area contributed by atoms with Gasteiger partial charge in [0, 0.05) is 11.1 Å². The van der Waals surface area contributed by atoms with Crippen molar-refractivity contribution in [1.29, 1.82) is 0 Å². The molecule has 0 aliphatic rings. The molecule has 1 N–H and O–H groups in total. The van der Waals surface area contributed by atoms with Crippen molar-refractivity contribution in [2.75, 3.05) is 6.61 Å². The Morgan fingerprint density at radius 3 is 1.92 bits per heavy atom. The number of ether oxygens (including phenoxy) is 1. The van der Waals surface area contributed by atoms with Gasteiger partial charge in [0.15, 0.2) is 18.2 Å². The molecule has 0 atom stereocenters. The Morgan fingerprint density at radius 2 is 1.38 bits per heavy atom. The molecule has 0 bridgehead atoms. The van der Waals surface area contributed by atoms with Crippen molar-refractivity contribution < 1.29 is 19.4 Å². The molecule has 0 saturated heterocycles. The average molecular weight is 348 g/mol. The van der Waals surface area contributed by atoms with Gasteiger partial charge in [-0.1, -0.05) is 60.7 Å². The van der Waals surface area contributed by atoms with Gasteiger partial charge in [-0.2, -0.15) is 0 Å². The van der Waals surface area contributed by atoms with Crippen LogP contribution < -0.4 is 4.74 Å². The van der Waals surface area contributed by atoms with Crippen LogP contribution in [0.3, 0.4) is 0 Å². The monoisotopic (exact) mass is 348 g/mol. The van der Waals surface area contributed by atoms with Crippen LogP contribution >= 0.6 is 0 Å². The lowest BCUT2D eigenvalue weighted by molar-refractivity contribution is 0.0921. The van der Waals surface area contributed by atoms with Gasteiger partial charge < -0.3 is 9.84 Å². The highest BCUT2D eigenvalue weighted by Crippen LogP contribution is 2.11. The first-order chi connectivity index (χ1) is 12.6. The van der Waals surface area contributed by atoms with Crippen molar-refractivity contribution in [2.45, 2.75) is 6.92 Å². The second-order valence-electron chi connectivity index (χ2n) is 5.50. The minimum absolute atomic E-state index is 0.00977. The molecule has 0 fully saturated rings. The lowest BCUT2D eigenvalue weighted by Crippen LogP contribution is -2.11. The van der Waals surface area contributed by atoms with Gasteiger partial charge in [-0.3, -0.25) is 9.59 Å². The minimum atomic E-state index is -0.0316. The smallest absolute Gasteiger partial charge is 0.200 e. The quantitative estimate of drug-likeness (QED) is 0.688. The largest absolute Gasteiger partial charge is 0.508 e. The number of carbonyl (C=O) groups excluding carboxylic acids is 2. The van der Waals surface area contributed by atoms with Gasteiger partial charge in [0.25, 0.3) is 0 Å². The Kier molecular flexibility index (Phi) is 7.13. The molecule has 3 rings (SSSR count). The summed E-state index contributed by atoms with van der Waals surface area (Å²) in [6.07, 6.45) is 0. The van der Waals surface area contributed by atoms with E-state index in [1.807, 2.05) is 48.5 Å². The van der Waals surface area contributed by atoms with Crippen molar-refractivity contribution in [3.05, 3.63) is 96.1 Å². The zero-order valence-electron chi connectivity index (χ0n) is 14.5. The molecule has 0 heterocycles. The molecule has 0 aliphatic carbocycles. The van der Waals surface area contributed by atoms with Crippen LogP contribution in [0.15, 0.2) is 84.9 Å². The van der Waals surface area contributed by atoms with Crippen LogP contribution in [0.5, 0.6) is 11.5 Å². The normalized spacial score (nSPS) is 9.58. The van der Waals surface area contributed by atoms with Gasteiger partial charge in [0.05, 0.1) is 0 Å². The van der Waals surface area contributed by atoms with E-state index in [0.717, 1.165) is 0 Å². The predicted molar refractivity (Wildman–Crippen MR) is 101 cm³/mol. The number of benzene rings is 3. The van der Waals surface area contributed by atoms with Crippen LogP contribution in [0.25, 0.3) is 0 Å². The summed E-state index contributed by atoms with van der Waals surface area (Å²) in [6, 6.07) is 24.8. The van der Waals surface area contributed by atoms with Gasteiger partial charge in [0.1, 0.15) is 11.5 Å². The van der Waals surface area contributed by atoms with E-state index < -0.39 is 0 Å². The molecule has 3 aromatic rings. The van der Waals surface area contributed by atoms with Crippen LogP contribution in [0.2, 0.25) is 0 Å². The zero-order valence-corrected chi connectivity index (χ0v) is 14.5. The molecule has 0 amide bonds. The molecule has 3 aromatic carbocycles. The Labute approximate surface area is 152 Å². The van der Waals surface area contributed by atoms with E-state index in [4.69, 9.17) is 9.84 Å². The van der Waals surface area contributed by atoms with Crippen LogP contribution in [-0.4, -0.2) is 23.3 Å². The van der Waals surface area contributed by atoms with E-state index in [1.165, 1.54) is 19.1 Å². The van der Waals surface area contributed by atoms with Gasteiger partial charge >= 0.3 is 0 Å². The number of rotatable bonds is 5. The lowest BCUT2D eigenvalue weighted by Gasteiger charge is -2.04. The highest BCUT2D eigenvalue weighted by atomic mass is 16.5. The maximum atomic E-state index is 11.7. The molecule has 0 radical (unpaired) electrons. The average Bonchev–Trinajstić information content (AvgIpc) is 2.68. The summed E-state index contributed by atoms with van der Waals surface area (Å²) in [5.74, 6) is 0.805. The number of hydrogen-bond donors (Lipinski definition) is 1. The molecular weight excluding hydrogens is 328 g/mol. The second-order valence-corrected chi connectivity index (χ2v) is 5.50. The van der Waals surface area contributed by atoms with E-state index in [2.05, 4.69) is 0 Å². The number of para-hydroxylation sites is 1. The van der Waals surface area contributed by atoms with Gasteiger partial charge in [-0.15, -0.1) is 0 Å². The number of carbonyl (C=O) groups is 2. The maximum absolute atomic E-state index is 11.7. The fourth-order valence-electron chi connectivity index (χ4n) is 2.10. The summed E-state index contributed by atoms with van der Waals surface area (Å²) in [7, 11) is 0. The molecule has 4 nitrogen and oxygen atoms in total. The summed E-state index contributed by atoms with van der Waals surface area (Å²) < 4.78 is 5.37. The van der Waals surface area contributed by atoms with Crippen molar-refractivity contribution in [3.63, 3.8) is 0 Å². The molecule has 0 saturated carbocycles. The SMILES string of the molecule is CC(=O)c1cccc(O)c1.O=C(COc1ccccc1)c1ccccc1. The molecule has 0 aromatic heterocycles. The number of phenols is 1. The van der Waals surface area contributed by atoms with Crippen LogP contribution in [0, 0.1) is 0 Å². The fourth-order valence-corrected chi connectivity index (χ4v) is 2.10. The summed E-state index contributed by atoms with van der Waals surface area (Å²) in [6.45, 7) is 1.54.